The fourth-order valence-electron chi connectivity index (χ4n) is 1.89. The van der Waals surface area contributed by atoms with Crippen LogP contribution in [0.2, 0.25) is 0 Å². The SMILES string of the molecule is CC(C)Cc1ccc(-c2cc(N)ccn2)cc1. The zero-order valence-corrected chi connectivity index (χ0v) is 10.4. The third kappa shape index (κ3) is 3.06. The van der Waals surface area contributed by atoms with Crippen molar-refractivity contribution in [2.45, 2.75) is 20.3 Å². The molecule has 1 heterocycles. The number of aromatic nitrogens is 1. The minimum atomic E-state index is 0.686. The van der Waals surface area contributed by atoms with Crippen molar-refractivity contribution < 1.29 is 0 Å². The molecule has 0 atom stereocenters. The molecule has 2 nitrogen and oxygen atoms in total. The van der Waals surface area contributed by atoms with Crippen LogP contribution >= 0.6 is 0 Å². The molecule has 2 rings (SSSR count). The van der Waals surface area contributed by atoms with Crippen LogP contribution in [-0.2, 0) is 6.42 Å². The minimum Gasteiger partial charge on any atom is -0.399 e. The molecule has 0 unspecified atom stereocenters. The summed E-state index contributed by atoms with van der Waals surface area (Å²) in [6.45, 7) is 4.46. The lowest BCUT2D eigenvalue weighted by Crippen LogP contribution is -1.94. The van der Waals surface area contributed by atoms with Gasteiger partial charge in [-0.15, -0.1) is 0 Å². The van der Waals surface area contributed by atoms with Crippen LogP contribution in [0.3, 0.4) is 0 Å². The van der Waals surface area contributed by atoms with Gasteiger partial charge in [0, 0.05) is 17.4 Å². The predicted octanol–water partition coefficient (Wildman–Crippen LogP) is 3.53. The highest BCUT2D eigenvalue weighted by Crippen LogP contribution is 2.20. The summed E-state index contributed by atoms with van der Waals surface area (Å²) in [6, 6.07) is 12.3. The van der Waals surface area contributed by atoms with Crippen LogP contribution in [-0.4, -0.2) is 4.98 Å². The van der Waals surface area contributed by atoms with E-state index in [1.165, 1.54) is 5.56 Å². The van der Waals surface area contributed by atoms with Gasteiger partial charge in [0.1, 0.15) is 0 Å². The van der Waals surface area contributed by atoms with Gasteiger partial charge < -0.3 is 5.73 Å². The van der Waals surface area contributed by atoms with E-state index in [4.69, 9.17) is 5.73 Å². The van der Waals surface area contributed by atoms with Crippen LogP contribution in [0.5, 0.6) is 0 Å². The zero-order chi connectivity index (χ0) is 12.3. The van der Waals surface area contributed by atoms with Crippen molar-refractivity contribution in [3.8, 4) is 11.3 Å². The van der Waals surface area contributed by atoms with Gasteiger partial charge in [-0.05, 0) is 30.0 Å². The lowest BCUT2D eigenvalue weighted by molar-refractivity contribution is 0.647. The van der Waals surface area contributed by atoms with Crippen LogP contribution < -0.4 is 5.73 Å². The summed E-state index contributed by atoms with van der Waals surface area (Å²) >= 11 is 0. The van der Waals surface area contributed by atoms with E-state index in [-0.39, 0.29) is 0 Å². The number of hydrogen-bond donors (Lipinski definition) is 1. The van der Waals surface area contributed by atoms with Gasteiger partial charge in [-0.1, -0.05) is 38.1 Å². The minimum absolute atomic E-state index is 0.686. The Kier molecular flexibility index (Phi) is 3.43. The molecule has 0 aliphatic heterocycles. The van der Waals surface area contributed by atoms with E-state index >= 15 is 0 Å². The second-order valence-corrected chi connectivity index (χ2v) is 4.77. The van der Waals surface area contributed by atoms with Crippen molar-refractivity contribution in [3.05, 3.63) is 48.2 Å². The summed E-state index contributed by atoms with van der Waals surface area (Å²) in [4.78, 5) is 4.32. The third-order valence-corrected chi connectivity index (χ3v) is 2.68. The smallest absolute Gasteiger partial charge is 0.0722 e. The zero-order valence-electron chi connectivity index (χ0n) is 10.4. The Bertz CT molecular complexity index is 487. The topological polar surface area (TPSA) is 38.9 Å². The molecule has 0 bridgehead atoms. The Balaban J connectivity index is 2.23. The number of rotatable bonds is 3. The monoisotopic (exact) mass is 226 g/mol. The van der Waals surface area contributed by atoms with E-state index in [9.17, 15) is 0 Å². The van der Waals surface area contributed by atoms with Crippen LogP contribution in [0.1, 0.15) is 19.4 Å². The first-order chi connectivity index (χ1) is 8.15. The maximum absolute atomic E-state index is 5.75. The van der Waals surface area contributed by atoms with Crippen LogP contribution in [0, 0.1) is 5.92 Å². The second-order valence-electron chi connectivity index (χ2n) is 4.77. The van der Waals surface area contributed by atoms with Gasteiger partial charge >= 0.3 is 0 Å². The standard InChI is InChI=1S/C15H18N2/c1-11(2)9-12-3-5-13(6-4-12)15-10-14(16)7-8-17-15/h3-8,10-11H,9H2,1-2H3,(H2,16,17). The van der Waals surface area contributed by atoms with E-state index in [1.54, 1.807) is 12.3 Å². The van der Waals surface area contributed by atoms with E-state index < -0.39 is 0 Å². The maximum Gasteiger partial charge on any atom is 0.0722 e. The Labute approximate surface area is 103 Å². The number of nitrogen functional groups attached to an aromatic ring is 1. The highest BCUT2D eigenvalue weighted by Gasteiger charge is 2.01. The van der Waals surface area contributed by atoms with Gasteiger partial charge in [-0.3, -0.25) is 4.98 Å². The van der Waals surface area contributed by atoms with E-state index in [2.05, 4.69) is 43.1 Å². The number of hydrogen-bond acceptors (Lipinski definition) is 2. The van der Waals surface area contributed by atoms with E-state index in [1.807, 2.05) is 6.07 Å². The fraction of sp³-hybridized carbons (Fsp3) is 0.267. The first-order valence-electron chi connectivity index (χ1n) is 5.96. The van der Waals surface area contributed by atoms with Gasteiger partial charge in [-0.2, -0.15) is 0 Å². The van der Waals surface area contributed by atoms with Gasteiger partial charge in [0.05, 0.1) is 5.69 Å². The molecule has 17 heavy (non-hydrogen) atoms. The quantitative estimate of drug-likeness (QED) is 0.869. The van der Waals surface area contributed by atoms with Gasteiger partial charge in [0.25, 0.3) is 0 Å². The van der Waals surface area contributed by atoms with Gasteiger partial charge in [0.2, 0.25) is 0 Å². The summed E-state index contributed by atoms with van der Waals surface area (Å²) in [5.41, 5.74) is 9.92. The van der Waals surface area contributed by atoms with Crippen molar-refractivity contribution in [3.63, 3.8) is 0 Å². The van der Waals surface area contributed by atoms with E-state index in [0.717, 1.165) is 23.4 Å². The largest absolute Gasteiger partial charge is 0.399 e. The normalized spacial score (nSPS) is 10.8. The Morgan fingerprint density at radius 3 is 2.41 bits per heavy atom. The highest BCUT2D eigenvalue weighted by molar-refractivity contribution is 5.63. The Hall–Kier alpha value is -1.83. The molecule has 88 valence electrons. The first-order valence-corrected chi connectivity index (χ1v) is 5.96. The van der Waals surface area contributed by atoms with Crippen LogP contribution in [0.15, 0.2) is 42.6 Å². The summed E-state index contributed by atoms with van der Waals surface area (Å²) < 4.78 is 0. The number of pyridine rings is 1. The average molecular weight is 226 g/mol. The highest BCUT2D eigenvalue weighted by atomic mass is 14.7. The molecular formula is C15H18N2. The van der Waals surface area contributed by atoms with E-state index in [0.29, 0.717) is 5.92 Å². The molecule has 0 saturated carbocycles. The van der Waals surface area contributed by atoms with Crippen molar-refractivity contribution in [2.24, 2.45) is 5.92 Å². The summed E-state index contributed by atoms with van der Waals surface area (Å²) in [6.07, 6.45) is 2.86. The van der Waals surface area contributed by atoms with Crippen molar-refractivity contribution in [1.82, 2.24) is 4.98 Å². The van der Waals surface area contributed by atoms with Crippen molar-refractivity contribution in [2.75, 3.05) is 5.73 Å². The summed E-state index contributed by atoms with van der Waals surface area (Å²) in [7, 11) is 0. The van der Waals surface area contributed by atoms with Crippen molar-refractivity contribution in [1.29, 1.82) is 0 Å². The number of benzene rings is 1. The molecule has 2 heteroatoms. The Morgan fingerprint density at radius 2 is 1.82 bits per heavy atom. The molecule has 2 aromatic rings. The molecule has 0 saturated heterocycles. The molecule has 1 aromatic carbocycles. The van der Waals surface area contributed by atoms with Crippen LogP contribution in [0.25, 0.3) is 11.3 Å². The fourth-order valence-corrected chi connectivity index (χ4v) is 1.89. The lowest BCUT2D eigenvalue weighted by atomic mass is 10.0. The average Bonchev–Trinajstić information content (AvgIpc) is 2.29. The lowest BCUT2D eigenvalue weighted by Gasteiger charge is -2.06. The second kappa shape index (κ2) is 5.00. The Morgan fingerprint density at radius 1 is 1.12 bits per heavy atom. The molecule has 0 spiro atoms. The van der Waals surface area contributed by atoms with Gasteiger partial charge in [-0.25, -0.2) is 0 Å². The molecular weight excluding hydrogens is 208 g/mol. The molecule has 0 fully saturated rings. The molecule has 0 amide bonds. The summed E-state index contributed by atoms with van der Waals surface area (Å²) in [5.74, 6) is 0.686. The molecule has 0 aliphatic rings. The summed E-state index contributed by atoms with van der Waals surface area (Å²) in [5, 5.41) is 0. The van der Waals surface area contributed by atoms with Crippen LogP contribution in [0.4, 0.5) is 5.69 Å². The predicted molar refractivity (Wildman–Crippen MR) is 72.6 cm³/mol. The number of nitrogens with zero attached hydrogens (tertiary/aromatic N) is 1. The molecule has 0 aliphatic carbocycles. The molecule has 2 N–H and O–H groups in total. The number of anilines is 1. The maximum atomic E-state index is 5.75. The third-order valence-electron chi connectivity index (χ3n) is 2.68. The number of nitrogens with two attached hydrogens (primary N) is 1. The van der Waals surface area contributed by atoms with Crippen molar-refractivity contribution >= 4 is 5.69 Å². The molecule has 0 radical (unpaired) electrons. The van der Waals surface area contributed by atoms with Gasteiger partial charge in [0.15, 0.2) is 0 Å². The first kappa shape index (κ1) is 11.6. The molecule has 1 aromatic heterocycles.